The number of hydrogen-bond donors (Lipinski definition) is 0. The number of aromatic nitrogens is 3. The molecular formula is C15H20N4O3. The first kappa shape index (κ1) is 14.7. The Kier molecular flexibility index (Phi) is 3.96. The molecule has 7 heteroatoms. The molecule has 0 spiro atoms. The zero-order valence-corrected chi connectivity index (χ0v) is 13.1. The minimum atomic E-state index is -0.103. The Labute approximate surface area is 128 Å². The number of hydrogen-bond acceptors (Lipinski definition) is 6. The third kappa shape index (κ3) is 2.88. The maximum Gasteiger partial charge on any atom is 0.276 e. The normalized spacial score (nSPS) is 18.9. The van der Waals surface area contributed by atoms with Crippen LogP contribution in [0.25, 0.3) is 0 Å². The van der Waals surface area contributed by atoms with Crippen LogP contribution in [-0.4, -0.2) is 39.2 Å². The molecule has 1 aliphatic rings. The summed E-state index contributed by atoms with van der Waals surface area (Å²) < 4.78 is 10.3. The van der Waals surface area contributed by atoms with Crippen molar-refractivity contribution < 1.29 is 13.8 Å². The van der Waals surface area contributed by atoms with Crippen molar-refractivity contribution in [2.45, 2.75) is 45.4 Å². The van der Waals surface area contributed by atoms with E-state index in [2.05, 4.69) is 15.3 Å². The Morgan fingerprint density at radius 1 is 1.36 bits per heavy atom. The molecule has 0 bridgehead atoms. The molecule has 0 saturated carbocycles. The highest BCUT2D eigenvalue weighted by Gasteiger charge is 2.29. The molecule has 1 atom stereocenters. The molecule has 0 N–H and O–H groups in total. The monoisotopic (exact) mass is 304 g/mol. The Morgan fingerprint density at radius 2 is 2.18 bits per heavy atom. The van der Waals surface area contributed by atoms with Crippen LogP contribution in [0.15, 0.2) is 15.1 Å². The lowest BCUT2D eigenvalue weighted by atomic mass is 9.97. The number of piperidine rings is 1. The third-order valence-electron chi connectivity index (χ3n) is 3.87. The molecule has 0 aromatic carbocycles. The average molecular weight is 304 g/mol. The van der Waals surface area contributed by atoms with Gasteiger partial charge < -0.3 is 13.9 Å². The largest absolute Gasteiger partial charge is 0.361 e. The quantitative estimate of drug-likeness (QED) is 0.866. The molecule has 2 aromatic rings. The molecule has 0 radical (unpaired) electrons. The predicted molar refractivity (Wildman–Crippen MR) is 77.5 cm³/mol. The number of aryl methyl sites for hydroxylation is 1. The van der Waals surface area contributed by atoms with Crippen LogP contribution in [-0.2, 0) is 0 Å². The number of carbonyl (C=O) groups is 1. The van der Waals surface area contributed by atoms with E-state index in [1.807, 2.05) is 13.8 Å². The zero-order valence-electron chi connectivity index (χ0n) is 13.1. The Hall–Kier alpha value is -2.18. The highest BCUT2D eigenvalue weighted by atomic mass is 16.5. The van der Waals surface area contributed by atoms with Crippen molar-refractivity contribution in [2.24, 2.45) is 0 Å². The summed E-state index contributed by atoms with van der Waals surface area (Å²) in [5.41, 5.74) is 0.356. The first-order valence-electron chi connectivity index (χ1n) is 7.60. The zero-order chi connectivity index (χ0) is 15.7. The Balaban J connectivity index is 1.72. The highest BCUT2D eigenvalue weighted by molar-refractivity contribution is 5.92. The van der Waals surface area contributed by atoms with Crippen LogP contribution in [0.1, 0.15) is 66.5 Å². The van der Waals surface area contributed by atoms with Crippen LogP contribution in [0.3, 0.4) is 0 Å². The van der Waals surface area contributed by atoms with Crippen molar-refractivity contribution in [3.63, 3.8) is 0 Å². The standard InChI is InChI=1S/C15H20N4O3/c1-9(2)14-16-13(18-22-14)11-5-4-6-19(8-11)15(20)12-7-10(3)21-17-12/h7,9,11H,4-6,8H2,1-3H3. The number of carbonyl (C=O) groups excluding carboxylic acids is 1. The second-order valence-electron chi connectivity index (χ2n) is 6.06. The molecule has 1 saturated heterocycles. The van der Waals surface area contributed by atoms with Crippen molar-refractivity contribution in [3.8, 4) is 0 Å². The SMILES string of the molecule is Cc1cc(C(=O)N2CCCC(c3noc(C(C)C)n3)C2)no1. The van der Waals surface area contributed by atoms with E-state index in [1.165, 1.54) is 0 Å². The first-order chi connectivity index (χ1) is 10.5. The number of rotatable bonds is 3. The predicted octanol–water partition coefficient (Wildman–Crippen LogP) is 2.51. The summed E-state index contributed by atoms with van der Waals surface area (Å²) in [4.78, 5) is 18.7. The van der Waals surface area contributed by atoms with E-state index in [0.717, 1.165) is 19.4 Å². The molecule has 22 heavy (non-hydrogen) atoms. The fourth-order valence-electron chi connectivity index (χ4n) is 2.65. The van der Waals surface area contributed by atoms with Gasteiger partial charge in [-0.1, -0.05) is 24.2 Å². The summed E-state index contributed by atoms with van der Waals surface area (Å²) in [6, 6.07) is 1.66. The van der Waals surface area contributed by atoms with Crippen molar-refractivity contribution in [3.05, 3.63) is 29.2 Å². The molecule has 1 fully saturated rings. The number of nitrogens with zero attached hydrogens (tertiary/aromatic N) is 4. The molecule has 2 aromatic heterocycles. The Morgan fingerprint density at radius 3 is 2.82 bits per heavy atom. The lowest BCUT2D eigenvalue weighted by molar-refractivity contribution is 0.0693. The molecule has 7 nitrogen and oxygen atoms in total. The van der Waals surface area contributed by atoms with Gasteiger partial charge in [-0.3, -0.25) is 4.79 Å². The van der Waals surface area contributed by atoms with Gasteiger partial charge in [0.2, 0.25) is 5.89 Å². The number of amides is 1. The Bertz CT molecular complexity index is 661. The average Bonchev–Trinajstić information content (AvgIpc) is 3.15. The van der Waals surface area contributed by atoms with Gasteiger partial charge in [-0.05, 0) is 19.8 Å². The van der Waals surface area contributed by atoms with Crippen LogP contribution < -0.4 is 0 Å². The van der Waals surface area contributed by atoms with Crippen molar-refractivity contribution in [1.82, 2.24) is 20.2 Å². The molecule has 1 aliphatic heterocycles. The smallest absolute Gasteiger partial charge is 0.276 e. The molecular weight excluding hydrogens is 284 g/mol. The molecule has 3 heterocycles. The maximum atomic E-state index is 12.4. The van der Waals surface area contributed by atoms with Crippen LogP contribution >= 0.6 is 0 Å². The van der Waals surface area contributed by atoms with E-state index < -0.39 is 0 Å². The number of likely N-dealkylation sites (tertiary alicyclic amines) is 1. The maximum absolute atomic E-state index is 12.4. The molecule has 1 unspecified atom stereocenters. The van der Waals surface area contributed by atoms with Gasteiger partial charge in [0.1, 0.15) is 5.76 Å². The van der Waals surface area contributed by atoms with Crippen molar-refractivity contribution >= 4 is 5.91 Å². The summed E-state index contributed by atoms with van der Waals surface area (Å²) >= 11 is 0. The fraction of sp³-hybridized carbons (Fsp3) is 0.600. The lowest BCUT2D eigenvalue weighted by Gasteiger charge is -2.30. The summed E-state index contributed by atoms with van der Waals surface area (Å²) in [5, 5.41) is 7.87. The minimum Gasteiger partial charge on any atom is -0.361 e. The summed E-state index contributed by atoms with van der Waals surface area (Å²) in [6.45, 7) is 7.11. The van der Waals surface area contributed by atoms with E-state index in [-0.39, 0.29) is 17.7 Å². The van der Waals surface area contributed by atoms with Gasteiger partial charge >= 0.3 is 0 Å². The van der Waals surface area contributed by atoms with Crippen molar-refractivity contribution in [1.29, 1.82) is 0 Å². The summed E-state index contributed by atoms with van der Waals surface area (Å²) in [6.07, 6.45) is 1.87. The van der Waals surface area contributed by atoms with Crippen LogP contribution in [0.4, 0.5) is 0 Å². The van der Waals surface area contributed by atoms with Crippen LogP contribution in [0.2, 0.25) is 0 Å². The van der Waals surface area contributed by atoms with Gasteiger partial charge in [-0.25, -0.2) is 0 Å². The topological polar surface area (TPSA) is 85.3 Å². The molecule has 1 amide bonds. The van der Waals surface area contributed by atoms with E-state index in [9.17, 15) is 4.79 Å². The summed E-state index contributed by atoms with van der Waals surface area (Å²) in [7, 11) is 0. The highest BCUT2D eigenvalue weighted by Crippen LogP contribution is 2.27. The van der Waals surface area contributed by atoms with Gasteiger partial charge in [-0.2, -0.15) is 4.98 Å². The minimum absolute atomic E-state index is 0.103. The van der Waals surface area contributed by atoms with E-state index in [0.29, 0.717) is 29.7 Å². The van der Waals surface area contributed by atoms with Gasteiger partial charge in [0, 0.05) is 31.0 Å². The van der Waals surface area contributed by atoms with Gasteiger partial charge in [0.05, 0.1) is 0 Å². The second-order valence-corrected chi connectivity index (χ2v) is 6.06. The van der Waals surface area contributed by atoms with E-state index in [4.69, 9.17) is 9.05 Å². The van der Waals surface area contributed by atoms with Gasteiger partial charge in [0.25, 0.3) is 5.91 Å². The second kappa shape index (κ2) is 5.90. The fourth-order valence-corrected chi connectivity index (χ4v) is 2.65. The van der Waals surface area contributed by atoms with Crippen molar-refractivity contribution in [2.75, 3.05) is 13.1 Å². The summed E-state index contributed by atoms with van der Waals surface area (Å²) in [5.74, 6) is 2.19. The van der Waals surface area contributed by atoms with Crippen LogP contribution in [0, 0.1) is 6.92 Å². The molecule has 3 rings (SSSR count). The molecule has 0 aliphatic carbocycles. The van der Waals surface area contributed by atoms with Gasteiger partial charge in [-0.15, -0.1) is 0 Å². The first-order valence-corrected chi connectivity index (χ1v) is 7.60. The molecule has 118 valence electrons. The van der Waals surface area contributed by atoms with Crippen LogP contribution in [0.5, 0.6) is 0 Å². The van der Waals surface area contributed by atoms with E-state index >= 15 is 0 Å². The van der Waals surface area contributed by atoms with Gasteiger partial charge in [0.15, 0.2) is 11.5 Å². The third-order valence-corrected chi connectivity index (χ3v) is 3.87. The lowest BCUT2D eigenvalue weighted by Crippen LogP contribution is -2.39. The van der Waals surface area contributed by atoms with E-state index in [1.54, 1.807) is 17.9 Å².